The van der Waals surface area contributed by atoms with Crippen LogP contribution < -0.4 is 9.46 Å². The Hall–Kier alpha value is -3.97. The summed E-state index contributed by atoms with van der Waals surface area (Å²) >= 11 is 0.846. The Morgan fingerprint density at radius 1 is 1.02 bits per heavy atom. The van der Waals surface area contributed by atoms with Crippen LogP contribution in [0.1, 0.15) is 38.3 Å². The van der Waals surface area contributed by atoms with Crippen molar-refractivity contribution in [1.29, 1.82) is 0 Å². The number of sulfonamides is 1. The number of hydrogen-bond donors (Lipinski definition) is 1. The minimum Gasteiger partial charge on any atom is -0.494 e. The lowest BCUT2D eigenvalue weighted by Crippen LogP contribution is -2.13. The fourth-order valence-corrected chi connectivity index (χ4v) is 6.33. The van der Waals surface area contributed by atoms with Crippen molar-refractivity contribution < 1.29 is 31.2 Å². The maximum Gasteiger partial charge on any atom is 0.417 e. The van der Waals surface area contributed by atoms with Crippen LogP contribution in [-0.4, -0.2) is 24.9 Å². The summed E-state index contributed by atoms with van der Waals surface area (Å²) in [6.07, 6.45) is -3.94. The van der Waals surface area contributed by atoms with Gasteiger partial charge in [-0.15, -0.1) is 0 Å². The van der Waals surface area contributed by atoms with E-state index in [-0.39, 0.29) is 26.7 Å². The van der Waals surface area contributed by atoms with E-state index in [0.717, 1.165) is 36.0 Å². The molecule has 4 aromatic rings. The number of alkyl halides is 3. The first kappa shape index (κ1) is 31.0. The zero-order valence-corrected chi connectivity index (χ0v) is 24.8. The summed E-state index contributed by atoms with van der Waals surface area (Å²) in [7, 11) is -4.37. The number of benzene rings is 3. The summed E-state index contributed by atoms with van der Waals surface area (Å²) in [4.78, 5) is 14.7. The molecular formula is C29H28F3N3O5S2. The van der Waals surface area contributed by atoms with E-state index < -0.39 is 37.3 Å². The predicted octanol–water partition coefficient (Wildman–Crippen LogP) is 8.33. The third-order valence-corrected chi connectivity index (χ3v) is 8.71. The second kappa shape index (κ2) is 11.7. The molecule has 8 nitrogen and oxygen atoms in total. The fraction of sp³-hybridized carbons (Fsp3) is 0.276. The third kappa shape index (κ3) is 7.26. The first-order chi connectivity index (χ1) is 19.5. The normalized spacial score (nSPS) is 12.3. The largest absolute Gasteiger partial charge is 0.494 e. The highest BCUT2D eigenvalue weighted by Gasteiger charge is 2.36. The van der Waals surface area contributed by atoms with E-state index in [2.05, 4.69) is 30.5 Å². The number of hydrogen-bond acceptors (Lipinski definition) is 7. The number of halogens is 3. The average molecular weight is 620 g/mol. The highest BCUT2D eigenvalue weighted by Crippen LogP contribution is 2.46. The van der Waals surface area contributed by atoms with Gasteiger partial charge in [0.2, 0.25) is 0 Å². The van der Waals surface area contributed by atoms with Gasteiger partial charge in [0.05, 0.1) is 32.6 Å². The van der Waals surface area contributed by atoms with Crippen molar-refractivity contribution in [3.05, 3.63) is 88.0 Å². The summed E-state index contributed by atoms with van der Waals surface area (Å²) in [5.74, 6) is 0.496. The lowest BCUT2D eigenvalue weighted by atomic mass is 9.93. The lowest BCUT2D eigenvalue weighted by Gasteiger charge is -2.18. The molecule has 1 N–H and O–H groups in total. The number of aryl methyl sites for hydroxylation is 1. The van der Waals surface area contributed by atoms with Crippen LogP contribution in [-0.2, 0) is 16.2 Å². The Bertz CT molecular complexity index is 1730. The number of non-ortho nitro benzene ring substituents is 1. The molecule has 0 unspecified atom stereocenters. The van der Waals surface area contributed by atoms with Gasteiger partial charge in [-0.2, -0.15) is 13.2 Å². The number of ether oxygens (including phenoxy) is 1. The Morgan fingerprint density at radius 3 is 2.38 bits per heavy atom. The summed E-state index contributed by atoms with van der Waals surface area (Å²) in [5, 5.41) is 11.0. The Morgan fingerprint density at radius 2 is 1.71 bits per heavy atom. The van der Waals surface area contributed by atoms with E-state index in [0.29, 0.717) is 23.5 Å². The van der Waals surface area contributed by atoms with Crippen LogP contribution >= 0.6 is 11.3 Å². The number of nitrogens with zero attached hydrogens (tertiary/aromatic N) is 2. The topological polar surface area (TPSA) is 111 Å². The van der Waals surface area contributed by atoms with E-state index in [1.54, 1.807) is 24.3 Å². The number of rotatable bonds is 9. The van der Waals surface area contributed by atoms with Crippen LogP contribution in [0.2, 0.25) is 0 Å². The molecule has 0 radical (unpaired) electrons. The van der Waals surface area contributed by atoms with E-state index in [9.17, 15) is 31.7 Å². The van der Waals surface area contributed by atoms with Crippen LogP contribution in [0.25, 0.3) is 21.7 Å². The molecule has 0 spiro atoms. The molecule has 0 aliphatic carbocycles. The monoisotopic (exact) mass is 619 g/mol. The zero-order valence-electron chi connectivity index (χ0n) is 23.2. The molecule has 13 heteroatoms. The summed E-state index contributed by atoms with van der Waals surface area (Å²) < 4.78 is 76.9. The Kier molecular flexibility index (Phi) is 8.65. The molecule has 0 aliphatic rings. The van der Waals surface area contributed by atoms with E-state index in [1.165, 1.54) is 31.2 Å². The van der Waals surface area contributed by atoms with Gasteiger partial charge in [-0.3, -0.25) is 14.8 Å². The van der Waals surface area contributed by atoms with Gasteiger partial charge in [-0.25, -0.2) is 13.4 Å². The highest BCUT2D eigenvalue weighted by molar-refractivity contribution is 7.93. The van der Waals surface area contributed by atoms with Gasteiger partial charge in [-0.05, 0) is 54.2 Å². The van der Waals surface area contributed by atoms with Crippen LogP contribution in [0, 0.1) is 22.5 Å². The fourth-order valence-electron chi connectivity index (χ4n) is 4.09. The highest BCUT2D eigenvalue weighted by atomic mass is 32.2. The van der Waals surface area contributed by atoms with Gasteiger partial charge in [0.1, 0.15) is 5.75 Å². The summed E-state index contributed by atoms with van der Waals surface area (Å²) in [6, 6.07) is 15.0. The van der Waals surface area contributed by atoms with Crippen LogP contribution in [0.3, 0.4) is 0 Å². The van der Waals surface area contributed by atoms with E-state index in [1.807, 2.05) is 0 Å². The molecule has 0 atom stereocenters. The van der Waals surface area contributed by atoms with Crippen molar-refractivity contribution in [2.45, 2.75) is 45.2 Å². The first-order valence-corrected chi connectivity index (χ1v) is 15.0. The van der Waals surface area contributed by atoms with Crippen LogP contribution in [0.15, 0.2) is 71.6 Å². The molecule has 0 fully saturated rings. The molecule has 42 heavy (non-hydrogen) atoms. The maximum absolute atomic E-state index is 14.1. The first-order valence-electron chi connectivity index (χ1n) is 12.7. The van der Waals surface area contributed by atoms with Gasteiger partial charge in [-0.1, -0.05) is 62.4 Å². The van der Waals surface area contributed by atoms with Crippen molar-refractivity contribution >= 4 is 32.2 Å². The molecular weight excluding hydrogens is 591 g/mol. The number of nitro groups is 1. The minimum absolute atomic E-state index is 0.0343. The number of anilines is 1. The van der Waals surface area contributed by atoms with Crippen LogP contribution in [0.4, 0.5) is 24.0 Å². The Balaban J connectivity index is 1.83. The summed E-state index contributed by atoms with van der Waals surface area (Å²) in [6.45, 7) is 8.17. The SMILES string of the molecule is Cc1cccc(C(F)(F)F)c1-c1nc(NS(=O)(=O)c2cccc([N+](=O)[O-])c2)sc1-c1cccc(OCCC(C)(C)C)c1. The van der Waals surface area contributed by atoms with Gasteiger partial charge >= 0.3 is 6.18 Å². The molecule has 1 aromatic heterocycles. The van der Waals surface area contributed by atoms with Crippen molar-refractivity contribution in [2.75, 3.05) is 11.3 Å². The molecule has 0 amide bonds. The quantitative estimate of drug-likeness (QED) is 0.149. The minimum atomic E-state index is -4.71. The second-order valence-electron chi connectivity index (χ2n) is 10.7. The molecule has 0 aliphatic heterocycles. The molecule has 1 heterocycles. The van der Waals surface area contributed by atoms with Gasteiger partial charge < -0.3 is 4.74 Å². The lowest BCUT2D eigenvalue weighted by molar-refractivity contribution is -0.385. The van der Waals surface area contributed by atoms with Gasteiger partial charge in [0.25, 0.3) is 15.7 Å². The molecule has 0 bridgehead atoms. The molecule has 222 valence electrons. The number of aromatic nitrogens is 1. The molecule has 3 aromatic carbocycles. The molecule has 0 saturated carbocycles. The zero-order chi connectivity index (χ0) is 30.9. The average Bonchev–Trinajstić information content (AvgIpc) is 3.30. The van der Waals surface area contributed by atoms with Crippen molar-refractivity contribution in [2.24, 2.45) is 5.41 Å². The predicted molar refractivity (Wildman–Crippen MR) is 156 cm³/mol. The standard InChI is InChI=1S/C29H28F3N3O5S2/c1-18-8-5-13-23(29(30,31)32)24(18)25-26(19-9-6-11-21(16-19)40-15-14-28(2,3)4)41-27(33-25)34-42(38,39)22-12-7-10-20(17-22)35(36)37/h5-13,16-17H,14-15H2,1-4H3,(H,33,34). The maximum atomic E-state index is 14.1. The van der Waals surface area contributed by atoms with Gasteiger partial charge in [0.15, 0.2) is 5.13 Å². The third-order valence-electron chi connectivity index (χ3n) is 6.22. The smallest absolute Gasteiger partial charge is 0.417 e. The Labute approximate surface area is 245 Å². The van der Waals surface area contributed by atoms with Crippen LogP contribution in [0.5, 0.6) is 5.75 Å². The van der Waals surface area contributed by atoms with E-state index >= 15 is 0 Å². The van der Waals surface area contributed by atoms with Gasteiger partial charge in [0, 0.05) is 17.7 Å². The van der Waals surface area contributed by atoms with Crippen molar-refractivity contribution in [3.63, 3.8) is 0 Å². The molecule has 0 saturated heterocycles. The number of thiazole rings is 1. The van der Waals surface area contributed by atoms with Crippen molar-refractivity contribution in [1.82, 2.24) is 4.98 Å². The summed E-state index contributed by atoms with van der Waals surface area (Å²) in [5.41, 5.74) is -0.789. The second-order valence-corrected chi connectivity index (χ2v) is 13.4. The molecule has 4 rings (SSSR count). The van der Waals surface area contributed by atoms with E-state index in [4.69, 9.17) is 4.74 Å². The number of nitrogens with one attached hydrogen (secondary N) is 1. The number of nitro benzene ring substituents is 1. The van der Waals surface area contributed by atoms with Crippen molar-refractivity contribution in [3.8, 4) is 27.4 Å².